The molecule has 1 aliphatic heterocycles. The Morgan fingerprint density at radius 2 is 1.75 bits per heavy atom. The van der Waals surface area contributed by atoms with Crippen molar-refractivity contribution in [1.82, 2.24) is 0 Å². The molecule has 1 N–H and O–H groups in total. The molecule has 1 atom stereocenters. The Kier molecular flexibility index (Phi) is 5.99. The van der Waals surface area contributed by atoms with Gasteiger partial charge in [0.2, 0.25) is 11.8 Å². The number of benzene rings is 3. The van der Waals surface area contributed by atoms with Gasteiger partial charge in [0.15, 0.2) is 0 Å². The summed E-state index contributed by atoms with van der Waals surface area (Å²) in [6.45, 7) is 0. The second-order valence-electron chi connectivity index (χ2n) is 8.39. The fourth-order valence-corrected chi connectivity index (χ4v) is 5.69. The van der Waals surface area contributed by atoms with E-state index in [1.165, 1.54) is 17.5 Å². The van der Waals surface area contributed by atoms with E-state index >= 15 is 0 Å². The van der Waals surface area contributed by atoms with E-state index in [-0.39, 0.29) is 17.2 Å². The molecule has 0 saturated carbocycles. The second-order valence-corrected chi connectivity index (χ2v) is 9.46. The predicted octanol–water partition coefficient (Wildman–Crippen LogP) is 5.53. The quantitative estimate of drug-likeness (QED) is 0.546. The van der Waals surface area contributed by atoms with Gasteiger partial charge in [-0.15, -0.1) is 11.8 Å². The number of fused-ring (bicyclic) bond motifs is 1. The normalized spacial score (nSPS) is 17.4. The topological polar surface area (TPSA) is 49.4 Å². The standard InChI is InChI=1S/C27H26N2O2S/c30-25(16-9-19-5-2-1-3-6-19)28-23-13-10-21(11-14-23)27-29(26(31)18-32-27)24-15-12-20-7-4-8-22(20)17-24/h1-3,5-6,10-15,17,27H,4,7-9,16,18H2,(H,28,30)/t27-/m1/s1. The van der Waals surface area contributed by atoms with Crippen LogP contribution in [0.4, 0.5) is 11.4 Å². The van der Waals surface area contributed by atoms with E-state index < -0.39 is 0 Å². The molecule has 5 heteroatoms. The molecule has 2 aliphatic rings. The molecule has 0 aromatic heterocycles. The van der Waals surface area contributed by atoms with Gasteiger partial charge < -0.3 is 5.32 Å². The monoisotopic (exact) mass is 442 g/mol. The Hall–Kier alpha value is -3.05. The summed E-state index contributed by atoms with van der Waals surface area (Å²) in [6.07, 6.45) is 4.61. The number of nitrogens with one attached hydrogen (secondary N) is 1. The minimum absolute atomic E-state index is 0.00629. The maximum Gasteiger partial charge on any atom is 0.238 e. The molecular weight excluding hydrogens is 416 g/mol. The molecule has 32 heavy (non-hydrogen) atoms. The van der Waals surface area contributed by atoms with Crippen LogP contribution in [0.3, 0.4) is 0 Å². The summed E-state index contributed by atoms with van der Waals surface area (Å²) in [5.74, 6) is 0.641. The van der Waals surface area contributed by atoms with Crippen LogP contribution in [0.1, 0.15) is 40.5 Å². The summed E-state index contributed by atoms with van der Waals surface area (Å²) in [5.41, 5.74) is 6.79. The molecule has 0 unspecified atom stereocenters. The van der Waals surface area contributed by atoms with E-state index in [0.717, 1.165) is 41.8 Å². The van der Waals surface area contributed by atoms with E-state index in [2.05, 4.69) is 23.5 Å². The third-order valence-corrected chi connectivity index (χ3v) is 7.40. The van der Waals surface area contributed by atoms with Gasteiger partial charge in [0.05, 0.1) is 5.75 Å². The van der Waals surface area contributed by atoms with Gasteiger partial charge in [-0.25, -0.2) is 0 Å². The average Bonchev–Trinajstić information content (AvgIpc) is 3.45. The number of thioether (sulfide) groups is 1. The molecule has 3 aromatic rings. The van der Waals surface area contributed by atoms with Gasteiger partial charge in [-0.05, 0) is 72.2 Å². The molecule has 3 aromatic carbocycles. The van der Waals surface area contributed by atoms with Crippen molar-refractivity contribution in [3.63, 3.8) is 0 Å². The largest absolute Gasteiger partial charge is 0.326 e. The number of carbonyl (C=O) groups is 2. The summed E-state index contributed by atoms with van der Waals surface area (Å²) in [5, 5.41) is 2.95. The lowest BCUT2D eigenvalue weighted by atomic mass is 10.1. The first-order valence-electron chi connectivity index (χ1n) is 11.2. The Morgan fingerprint density at radius 1 is 0.969 bits per heavy atom. The number of aryl methyl sites for hydroxylation is 3. The van der Waals surface area contributed by atoms with Gasteiger partial charge in [0, 0.05) is 17.8 Å². The van der Waals surface area contributed by atoms with Crippen LogP contribution in [-0.2, 0) is 28.9 Å². The first kappa shape index (κ1) is 20.8. The van der Waals surface area contributed by atoms with Gasteiger partial charge in [-0.3, -0.25) is 14.5 Å². The molecule has 0 radical (unpaired) electrons. The van der Waals surface area contributed by atoms with E-state index in [4.69, 9.17) is 0 Å². The fourth-order valence-electron chi connectivity index (χ4n) is 4.51. The summed E-state index contributed by atoms with van der Waals surface area (Å²) in [4.78, 5) is 27.0. The highest BCUT2D eigenvalue weighted by Gasteiger charge is 2.34. The Morgan fingerprint density at radius 3 is 2.56 bits per heavy atom. The van der Waals surface area contributed by atoms with Crippen molar-refractivity contribution >= 4 is 35.0 Å². The SMILES string of the molecule is O=C(CCc1ccccc1)Nc1ccc([C@H]2SCC(=O)N2c2ccc3c(c2)CCC3)cc1. The molecule has 1 heterocycles. The molecule has 1 fully saturated rings. The summed E-state index contributed by atoms with van der Waals surface area (Å²) >= 11 is 1.65. The van der Waals surface area contributed by atoms with Crippen LogP contribution in [0.5, 0.6) is 0 Å². The molecular formula is C27H26N2O2S. The second kappa shape index (κ2) is 9.21. The maximum absolute atomic E-state index is 12.7. The number of anilines is 2. The number of rotatable bonds is 6. The summed E-state index contributed by atoms with van der Waals surface area (Å²) in [6, 6.07) is 24.4. The van der Waals surface area contributed by atoms with Gasteiger partial charge in [-0.1, -0.05) is 48.5 Å². The Labute approximate surface area is 193 Å². The highest BCUT2D eigenvalue weighted by molar-refractivity contribution is 8.00. The zero-order valence-electron chi connectivity index (χ0n) is 17.9. The van der Waals surface area contributed by atoms with E-state index in [1.807, 2.05) is 59.5 Å². The molecule has 1 aliphatic carbocycles. The van der Waals surface area contributed by atoms with Crippen molar-refractivity contribution in [2.75, 3.05) is 16.0 Å². The van der Waals surface area contributed by atoms with Crippen molar-refractivity contribution in [2.45, 2.75) is 37.5 Å². The highest BCUT2D eigenvalue weighted by atomic mass is 32.2. The smallest absolute Gasteiger partial charge is 0.238 e. The number of amides is 2. The number of nitrogens with zero attached hydrogens (tertiary/aromatic N) is 1. The van der Waals surface area contributed by atoms with Crippen LogP contribution in [0.2, 0.25) is 0 Å². The Bertz CT molecular complexity index is 1130. The number of carbonyl (C=O) groups excluding carboxylic acids is 2. The first-order chi connectivity index (χ1) is 15.7. The number of hydrogen-bond donors (Lipinski definition) is 1. The van der Waals surface area contributed by atoms with Crippen molar-refractivity contribution in [1.29, 1.82) is 0 Å². The zero-order valence-corrected chi connectivity index (χ0v) is 18.7. The summed E-state index contributed by atoms with van der Waals surface area (Å²) < 4.78 is 0. The van der Waals surface area contributed by atoms with Crippen molar-refractivity contribution in [2.24, 2.45) is 0 Å². The third-order valence-electron chi connectivity index (χ3n) is 6.19. The lowest BCUT2D eigenvalue weighted by Crippen LogP contribution is -2.27. The van der Waals surface area contributed by atoms with Crippen LogP contribution in [0.15, 0.2) is 72.8 Å². The molecule has 0 spiro atoms. The van der Waals surface area contributed by atoms with Crippen LogP contribution in [0, 0.1) is 0 Å². The molecule has 2 amide bonds. The lowest BCUT2D eigenvalue weighted by molar-refractivity contribution is -0.116. The van der Waals surface area contributed by atoms with Gasteiger partial charge >= 0.3 is 0 Å². The van der Waals surface area contributed by atoms with Crippen LogP contribution in [0.25, 0.3) is 0 Å². The summed E-state index contributed by atoms with van der Waals surface area (Å²) in [7, 11) is 0. The fraction of sp³-hybridized carbons (Fsp3) is 0.259. The van der Waals surface area contributed by atoms with Gasteiger partial charge in [0.1, 0.15) is 5.37 Å². The van der Waals surface area contributed by atoms with Crippen LogP contribution >= 0.6 is 11.8 Å². The van der Waals surface area contributed by atoms with Gasteiger partial charge in [0.25, 0.3) is 0 Å². The maximum atomic E-state index is 12.7. The van der Waals surface area contributed by atoms with E-state index in [1.54, 1.807) is 11.8 Å². The van der Waals surface area contributed by atoms with Crippen LogP contribution < -0.4 is 10.2 Å². The number of hydrogen-bond acceptors (Lipinski definition) is 3. The van der Waals surface area contributed by atoms with Crippen molar-refractivity contribution in [3.8, 4) is 0 Å². The van der Waals surface area contributed by atoms with E-state index in [9.17, 15) is 9.59 Å². The molecule has 1 saturated heterocycles. The minimum Gasteiger partial charge on any atom is -0.326 e. The zero-order chi connectivity index (χ0) is 21.9. The first-order valence-corrected chi connectivity index (χ1v) is 12.2. The molecule has 162 valence electrons. The third kappa shape index (κ3) is 4.44. The van der Waals surface area contributed by atoms with Crippen molar-refractivity contribution in [3.05, 3.63) is 95.1 Å². The lowest BCUT2D eigenvalue weighted by Gasteiger charge is -2.25. The van der Waals surface area contributed by atoms with Gasteiger partial charge in [-0.2, -0.15) is 0 Å². The van der Waals surface area contributed by atoms with Crippen molar-refractivity contribution < 1.29 is 9.59 Å². The highest BCUT2D eigenvalue weighted by Crippen LogP contribution is 2.42. The predicted molar refractivity (Wildman–Crippen MR) is 131 cm³/mol. The van der Waals surface area contributed by atoms with E-state index in [0.29, 0.717) is 12.2 Å². The molecule has 0 bridgehead atoms. The average molecular weight is 443 g/mol. The minimum atomic E-state index is -0.0372. The van der Waals surface area contributed by atoms with Crippen LogP contribution in [-0.4, -0.2) is 17.6 Å². The molecule has 5 rings (SSSR count). The molecule has 4 nitrogen and oxygen atoms in total. The Balaban J connectivity index is 1.25.